The first kappa shape index (κ1) is 31.5. The first-order valence-corrected chi connectivity index (χ1v) is 12.6. The van der Waals surface area contributed by atoms with Crippen molar-refractivity contribution in [2.24, 2.45) is 0 Å². The van der Waals surface area contributed by atoms with Gasteiger partial charge in [-0.2, -0.15) is 0 Å². The second-order valence-electron chi connectivity index (χ2n) is 11.7. The molecule has 0 aliphatic heterocycles. The molecular formula is C29H38F2N2O6. The average molecular weight is 549 g/mol. The van der Waals surface area contributed by atoms with Gasteiger partial charge in [0.1, 0.15) is 28.4 Å². The number of ether oxygens (including phenoxy) is 2. The van der Waals surface area contributed by atoms with E-state index in [0.717, 1.165) is 0 Å². The van der Waals surface area contributed by atoms with E-state index in [2.05, 4.69) is 10.6 Å². The van der Waals surface area contributed by atoms with Crippen molar-refractivity contribution in [1.82, 2.24) is 10.6 Å². The largest absolute Gasteiger partial charge is 0.480 e. The van der Waals surface area contributed by atoms with Gasteiger partial charge in [-0.15, -0.1) is 0 Å². The summed E-state index contributed by atoms with van der Waals surface area (Å²) >= 11 is 0. The molecule has 2 atom stereocenters. The summed E-state index contributed by atoms with van der Waals surface area (Å²) in [6, 6.07) is 9.27. The highest BCUT2D eigenvalue weighted by atomic mass is 19.1. The van der Waals surface area contributed by atoms with E-state index in [0.29, 0.717) is 29.5 Å². The van der Waals surface area contributed by atoms with E-state index in [9.17, 15) is 28.3 Å². The lowest BCUT2D eigenvalue weighted by Crippen LogP contribution is -2.54. The molecular weight excluding hydrogens is 510 g/mol. The molecule has 0 heterocycles. The van der Waals surface area contributed by atoms with Gasteiger partial charge in [0, 0.05) is 6.42 Å². The van der Waals surface area contributed by atoms with Crippen LogP contribution < -0.4 is 10.6 Å². The topological polar surface area (TPSA) is 114 Å². The minimum absolute atomic E-state index is 0.204. The molecule has 39 heavy (non-hydrogen) atoms. The number of carbonyl (C=O) groups is 3. The number of carbonyl (C=O) groups excluding carboxylic acids is 2. The summed E-state index contributed by atoms with van der Waals surface area (Å²) in [5.74, 6) is -2.31. The number of rotatable bonds is 9. The number of hydrogen-bond acceptors (Lipinski definition) is 5. The molecule has 2 aromatic rings. The molecule has 10 heteroatoms. The molecule has 0 aromatic heterocycles. The van der Waals surface area contributed by atoms with Crippen LogP contribution in [-0.2, 0) is 27.1 Å². The Morgan fingerprint density at radius 1 is 0.821 bits per heavy atom. The number of benzene rings is 2. The van der Waals surface area contributed by atoms with E-state index >= 15 is 0 Å². The van der Waals surface area contributed by atoms with Crippen LogP contribution >= 0.6 is 0 Å². The van der Waals surface area contributed by atoms with E-state index in [1.165, 1.54) is 31.2 Å². The minimum Gasteiger partial charge on any atom is -0.480 e. The van der Waals surface area contributed by atoms with E-state index < -0.39 is 52.6 Å². The van der Waals surface area contributed by atoms with Crippen molar-refractivity contribution >= 4 is 18.2 Å². The number of aryl methyl sites for hydroxylation is 1. The van der Waals surface area contributed by atoms with Crippen LogP contribution in [0.25, 0.3) is 0 Å². The van der Waals surface area contributed by atoms with Gasteiger partial charge in [0.2, 0.25) is 0 Å². The van der Waals surface area contributed by atoms with Crippen molar-refractivity contribution in [2.45, 2.75) is 90.5 Å². The molecule has 0 fully saturated rings. The summed E-state index contributed by atoms with van der Waals surface area (Å²) in [7, 11) is 0. The lowest BCUT2D eigenvalue weighted by Gasteiger charge is -2.28. The van der Waals surface area contributed by atoms with Crippen molar-refractivity contribution < 1.29 is 37.7 Å². The van der Waals surface area contributed by atoms with Gasteiger partial charge in [-0.1, -0.05) is 18.2 Å². The maximum atomic E-state index is 14.6. The molecule has 214 valence electrons. The normalized spacial score (nSPS) is 14.1. The summed E-state index contributed by atoms with van der Waals surface area (Å²) < 4.78 is 38.6. The summed E-state index contributed by atoms with van der Waals surface area (Å²) in [4.78, 5) is 36.8. The molecule has 0 aliphatic carbocycles. The van der Waals surface area contributed by atoms with Crippen molar-refractivity contribution in [3.8, 4) is 0 Å². The molecule has 0 radical (unpaired) electrons. The number of aliphatic carboxylic acids is 1. The Bertz CT molecular complexity index is 1170. The van der Waals surface area contributed by atoms with Crippen molar-refractivity contribution in [3.63, 3.8) is 0 Å². The van der Waals surface area contributed by atoms with Crippen molar-refractivity contribution in [3.05, 3.63) is 70.8 Å². The summed E-state index contributed by atoms with van der Waals surface area (Å²) in [5.41, 5.74) is -1.78. The molecule has 0 aliphatic rings. The van der Waals surface area contributed by atoms with E-state index in [4.69, 9.17) is 9.47 Å². The Morgan fingerprint density at radius 3 is 1.90 bits per heavy atom. The lowest BCUT2D eigenvalue weighted by molar-refractivity contribution is -0.144. The third kappa shape index (κ3) is 10.9. The van der Waals surface area contributed by atoms with Gasteiger partial charge in [0.05, 0.1) is 6.04 Å². The van der Waals surface area contributed by atoms with Crippen molar-refractivity contribution in [1.29, 1.82) is 0 Å². The quantitative estimate of drug-likeness (QED) is 0.350. The molecule has 2 rings (SSSR count). The Morgan fingerprint density at radius 2 is 1.36 bits per heavy atom. The van der Waals surface area contributed by atoms with E-state index in [1.54, 1.807) is 59.7 Å². The summed E-state index contributed by atoms with van der Waals surface area (Å²) in [6.45, 7) is 11.5. The van der Waals surface area contributed by atoms with Crippen LogP contribution in [0.2, 0.25) is 0 Å². The summed E-state index contributed by atoms with van der Waals surface area (Å²) in [6.07, 6.45) is -1.14. The van der Waals surface area contributed by atoms with Crippen LogP contribution in [0.1, 0.15) is 77.6 Å². The number of alkyl carbamates (subject to hydrolysis) is 2. The van der Waals surface area contributed by atoms with Gasteiger partial charge < -0.3 is 25.2 Å². The zero-order chi connectivity index (χ0) is 29.6. The minimum atomic E-state index is -1.76. The Balaban J connectivity index is 2.24. The Labute approximate surface area is 228 Å². The standard InChI is InChI=1S/C29H38F2N2O6/c1-27(2,3)38-25(36)32-23(20-9-11-21(30)12-10-20)13-8-18-14-19(16-22(31)15-18)17-29(7,24(34)35)33-26(37)39-28(4,5)6/h9-12,14-16,23H,8,13,17H2,1-7H3,(H,32,36)(H,33,37)(H,34,35). The molecule has 0 saturated carbocycles. The number of nitrogens with one attached hydrogen (secondary N) is 2. The number of carboxylic acids is 1. The maximum Gasteiger partial charge on any atom is 0.408 e. The predicted octanol–water partition coefficient (Wildman–Crippen LogP) is 6.07. The predicted molar refractivity (Wildman–Crippen MR) is 142 cm³/mol. The fourth-order valence-corrected chi connectivity index (χ4v) is 3.85. The molecule has 2 amide bonds. The summed E-state index contributed by atoms with van der Waals surface area (Å²) in [5, 5.41) is 15.0. The first-order chi connectivity index (χ1) is 17.8. The smallest absolute Gasteiger partial charge is 0.408 e. The molecule has 3 N–H and O–H groups in total. The van der Waals surface area contributed by atoms with Gasteiger partial charge >= 0.3 is 18.2 Å². The fourth-order valence-electron chi connectivity index (χ4n) is 3.85. The van der Waals surface area contributed by atoms with Crippen LogP contribution in [-0.4, -0.2) is 40.0 Å². The number of hydrogen-bond donors (Lipinski definition) is 3. The molecule has 0 bridgehead atoms. The van der Waals surface area contributed by atoms with Crippen LogP contribution in [0.5, 0.6) is 0 Å². The molecule has 2 unspecified atom stereocenters. The van der Waals surface area contributed by atoms with Crippen molar-refractivity contribution in [2.75, 3.05) is 0 Å². The monoisotopic (exact) mass is 548 g/mol. The molecule has 0 saturated heterocycles. The van der Waals surface area contributed by atoms with Gasteiger partial charge in [0.25, 0.3) is 0 Å². The van der Waals surface area contributed by atoms with E-state index in [-0.39, 0.29) is 6.42 Å². The number of halogens is 2. The van der Waals surface area contributed by atoms with Crippen LogP contribution in [0.4, 0.5) is 18.4 Å². The Hall–Kier alpha value is -3.69. The van der Waals surface area contributed by atoms with Crippen LogP contribution in [0, 0.1) is 11.6 Å². The van der Waals surface area contributed by atoms with Gasteiger partial charge in [-0.25, -0.2) is 23.2 Å². The van der Waals surface area contributed by atoms with Gasteiger partial charge in [-0.05, 0) is 102 Å². The highest BCUT2D eigenvalue weighted by molar-refractivity contribution is 5.84. The SMILES string of the molecule is CC(C)(C)OC(=O)NC(CCc1cc(F)cc(CC(C)(NC(=O)OC(C)(C)C)C(=O)O)c1)c1ccc(F)cc1. The highest BCUT2D eigenvalue weighted by Crippen LogP contribution is 2.24. The van der Waals surface area contributed by atoms with Gasteiger partial charge in [-0.3, -0.25) is 0 Å². The Kier molecular flexibility index (Phi) is 10.1. The number of amides is 2. The average Bonchev–Trinajstić information content (AvgIpc) is 2.74. The lowest BCUT2D eigenvalue weighted by atomic mass is 9.91. The first-order valence-electron chi connectivity index (χ1n) is 12.6. The molecule has 2 aromatic carbocycles. The number of carboxylic acid groups (broad SMARTS) is 1. The third-order valence-electron chi connectivity index (χ3n) is 5.51. The maximum absolute atomic E-state index is 14.6. The molecule has 0 spiro atoms. The highest BCUT2D eigenvalue weighted by Gasteiger charge is 2.37. The van der Waals surface area contributed by atoms with Crippen LogP contribution in [0.3, 0.4) is 0 Å². The molecule has 8 nitrogen and oxygen atoms in total. The van der Waals surface area contributed by atoms with E-state index in [1.807, 2.05) is 0 Å². The van der Waals surface area contributed by atoms with Crippen LogP contribution in [0.15, 0.2) is 42.5 Å². The second kappa shape index (κ2) is 12.4. The van der Waals surface area contributed by atoms with Gasteiger partial charge in [0.15, 0.2) is 0 Å². The third-order valence-corrected chi connectivity index (χ3v) is 5.51. The zero-order valence-electron chi connectivity index (χ0n) is 23.5. The second-order valence-corrected chi connectivity index (χ2v) is 11.7. The fraction of sp³-hybridized carbons (Fsp3) is 0.483. The zero-order valence-corrected chi connectivity index (χ0v) is 23.5.